The molecule has 2 aromatic rings. The summed E-state index contributed by atoms with van der Waals surface area (Å²) in [5.41, 5.74) is 6.08. The fourth-order valence-corrected chi connectivity index (χ4v) is 9.86. The van der Waals surface area contributed by atoms with E-state index in [2.05, 4.69) is 48.4 Å². The van der Waals surface area contributed by atoms with Gasteiger partial charge in [-0.2, -0.15) is 0 Å². The van der Waals surface area contributed by atoms with E-state index >= 15 is 0 Å². The van der Waals surface area contributed by atoms with Crippen LogP contribution < -0.4 is 0 Å². The second kappa shape index (κ2) is 8.45. The Hall–Kier alpha value is -2.59. The lowest BCUT2D eigenvalue weighted by Gasteiger charge is -2.63. The van der Waals surface area contributed by atoms with Crippen LogP contribution in [-0.2, 0) is 11.8 Å². The van der Waals surface area contributed by atoms with E-state index in [-0.39, 0.29) is 16.6 Å². The van der Waals surface area contributed by atoms with Gasteiger partial charge in [-0.1, -0.05) is 44.7 Å². The smallest absolute Gasteiger partial charge is 0.159 e. The van der Waals surface area contributed by atoms with Gasteiger partial charge in [0.25, 0.3) is 0 Å². The number of carbonyl (C=O) groups excluding carboxylic acids is 1. The topological polar surface area (TPSA) is 43.8 Å². The molecule has 5 unspecified atom stereocenters. The number of piperidine rings is 1. The molecule has 0 radical (unpaired) electrons. The number of Topliss-reactive ketones (excluding diaryl/α,β-unsaturated/α-hetero) is 1. The van der Waals surface area contributed by atoms with Crippen LogP contribution in [-0.4, -0.2) is 52.4 Å². The number of benzene rings is 2. The highest BCUT2D eigenvalue weighted by Gasteiger charge is 2.72. The van der Waals surface area contributed by atoms with Gasteiger partial charge in [-0.3, -0.25) is 9.69 Å². The summed E-state index contributed by atoms with van der Waals surface area (Å²) in [6, 6.07) is 15.3. The van der Waals surface area contributed by atoms with Crippen molar-refractivity contribution in [2.24, 2.45) is 23.2 Å². The van der Waals surface area contributed by atoms with E-state index in [1.165, 1.54) is 49.9 Å². The molecular weight excluding hydrogens is 468 g/mol. The molecular formula is C34H42N2O2. The number of likely N-dealkylation sites (tertiary alicyclic amines) is 2. The molecule has 2 bridgehead atoms. The predicted molar refractivity (Wildman–Crippen MR) is 152 cm³/mol. The number of fused-ring (bicyclic) bond motifs is 2. The van der Waals surface area contributed by atoms with Gasteiger partial charge in [0.1, 0.15) is 5.75 Å². The summed E-state index contributed by atoms with van der Waals surface area (Å²) in [5, 5.41) is 10.7. The highest BCUT2D eigenvalue weighted by molar-refractivity contribution is 5.94. The number of rotatable bonds is 6. The van der Waals surface area contributed by atoms with Crippen LogP contribution in [0.5, 0.6) is 5.75 Å². The molecule has 4 fully saturated rings. The Kier molecular flexibility index (Phi) is 5.44. The van der Waals surface area contributed by atoms with E-state index < -0.39 is 0 Å². The van der Waals surface area contributed by atoms with E-state index in [4.69, 9.17) is 0 Å². The molecule has 38 heavy (non-hydrogen) atoms. The Morgan fingerprint density at radius 3 is 2.68 bits per heavy atom. The molecule has 2 saturated carbocycles. The van der Waals surface area contributed by atoms with Crippen molar-refractivity contribution in [2.75, 3.05) is 19.6 Å². The monoisotopic (exact) mass is 510 g/mol. The number of carbonyl (C=O) groups is 1. The van der Waals surface area contributed by atoms with Crippen molar-refractivity contribution >= 4 is 11.5 Å². The van der Waals surface area contributed by atoms with Crippen LogP contribution in [0, 0.1) is 23.2 Å². The van der Waals surface area contributed by atoms with Crippen molar-refractivity contribution in [3.05, 3.63) is 71.3 Å². The van der Waals surface area contributed by atoms with Crippen LogP contribution in [0.25, 0.3) is 5.70 Å². The fraction of sp³-hybridized carbons (Fsp3) is 0.559. The third kappa shape index (κ3) is 3.28. The van der Waals surface area contributed by atoms with Gasteiger partial charge in [0.15, 0.2) is 5.78 Å². The second-order valence-electron chi connectivity index (χ2n) is 13.3. The van der Waals surface area contributed by atoms with E-state index in [1.807, 2.05) is 24.3 Å². The molecule has 3 aliphatic carbocycles. The second-order valence-corrected chi connectivity index (χ2v) is 13.3. The molecule has 5 aliphatic rings. The molecule has 6 atom stereocenters. The minimum absolute atomic E-state index is 0.0750. The zero-order valence-corrected chi connectivity index (χ0v) is 23.2. The first-order valence-electron chi connectivity index (χ1n) is 14.9. The van der Waals surface area contributed by atoms with Crippen molar-refractivity contribution in [3.63, 3.8) is 0 Å². The predicted octanol–water partition coefficient (Wildman–Crippen LogP) is 6.28. The Bertz CT molecular complexity index is 1310. The molecule has 2 aliphatic heterocycles. The SMILES string of the molecule is C=C(c1cccc(C(C)=O)c1)N1C[C@H]2CC3(C)C4Cc5ccc(O)cc5C3(CCN4CC3CC3)C2C1CC. The van der Waals surface area contributed by atoms with E-state index in [9.17, 15) is 9.90 Å². The average molecular weight is 511 g/mol. The maximum absolute atomic E-state index is 12.1. The van der Waals surface area contributed by atoms with Crippen molar-refractivity contribution in [1.29, 1.82) is 0 Å². The quantitative estimate of drug-likeness (QED) is 0.465. The molecule has 0 spiro atoms. The van der Waals surface area contributed by atoms with Gasteiger partial charge in [0, 0.05) is 41.8 Å². The van der Waals surface area contributed by atoms with Crippen LogP contribution in [0.2, 0.25) is 0 Å². The Morgan fingerprint density at radius 2 is 1.95 bits per heavy atom. The molecule has 2 saturated heterocycles. The molecule has 200 valence electrons. The van der Waals surface area contributed by atoms with Gasteiger partial charge in [-0.25, -0.2) is 0 Å². The lowest BCUT2D eigenvalue weighted by Crippen LogP contribution is -2.66. The van der Waals surface area contributed by atoms with Crippen LogP contribution in [0.4, 0.5) is 0 Å². The lowest BCUT2D eigenvalue weighted by atomic mass is 9.48. The van der Waals surface area contributed by atoms with Gasteiger partial charge in [-0.15, -0.1) is 0 Å². The van der Waals surface area contributed by atoms with E-state index in [0.717, 1.165) is 42.1 Å². The standard InChI is InChI=1S/C34H42N2O2/c1-5-30-32-27(20-36(30)21(2)24-7-6-8-25(15-24)22(3)37)18-33(4)31-16-26-11-12-28(38)17-29(26)34(32,33)13-14-35(31)19-23-9-10-23/h6-8,11-12,15,17,23,27,30-32,38H,2,5,9-10,13-14,16,18-20H2,1,3-4H3/t27-,30?,31?,32?,33?,34?/m1/s1. The first kappa shape index (κ1) is 24.5. The molecule has 4 heteroatoms. The Labute approximate surface area is 227 Å². The Morgan fingerprint density at radius 1 is 1.16 bits per heavy atom. The zero-order valence-electron chi connectivity index (χ0n) is 23.2. The van der Waals surface area contributed by atoms with Gasteiger partial charge < -0.3 is 10.0 Å². The number of nitrogens with zero attached hydrogens (tertiary/aromatic N) is 2. The molecule has 0 aromatic heterocycles. The van der Waals surface area contributed by atoms with Gasteiger partial charge in [0.05, 0.1) is 0 Å². The molecule has 4 nitrogen and oxygen atoms in total. The summed E-state index contributed by atoms with van der Waals surface area (Å²) in [7, 11) is 0. The zero-order chi connectivity index (χ0) is 26.4. The number of ketones is 1. The van der Waals surface area contributed by atoms with Crippen molar-refractivity contribution in [3.8, 4) is 5.75 Å². The molecule has 0 amide bonds. The number of hydrogen-bond acceptors (Lipinski definition) is 4. The van der Waals surface area contributed by atoms with Crippen LogP contribution >= 0.6 is 0 Å². The van der Waals surface area contributed by atoms with E-state index in [1.54, 1.807) is 6.92 Å². The summed E-state index contributed by atoms with van der Waals surface area (Å²) < 4.78 is 0. The summed E-state index contributed by atoms with van der Waals surface area (Å²) in [5.74, 6) is 2.56. The highest BCUT2D eigenvalue weighted by atomic mass is 16.3. The third-order valence-corrected chi connectivity index (χ3v) is 11.5. The highest BCUT2D eigenvalue weighted by Crippen LogP contribution is 2.71. The van der Waals surface area contributed by atoms with E-state index in [0.29, 0.717) is 29.7 Å². The molecule has 2 aromatic carbocycles. The summed E-state index contributed by atoms with van der Waals surface area (Å²) >= 11 is 0. The van der Waals surface area contributed by atoms with Crippen molar-refractivity contribution < 1.29 is 9.90 Å². The first-order chi connectivity index (χ1) is 18.3. The number of phenols is 1. The van der Waals surface area contributed by atoms with Crippen LogP contribution in [0.1, 0.15) is 79.9 Å². The number of aromatic hydroxyl groups is 1. The average Bonchev–Trinajstić information content (AvgIpc) is 3.58. The fourth-order valence-electron chi connectivity index (χ4n) is 9.86. The molecule has 1 N–H and O–H groups in total. The minimum atomic E-state index is 0.0750. The van der Waals surface area contributed by atoms with Gasteiger partial charge in [-0.05, 0) is 110 Å². The molecule has 7 rings (SSSR count). The summed E-state index contributed by atoms with van der Waals surface area (Å²) in [4.78, 5) is 17.6. The summed E-state index contributed by atoms with van der Waals surface area (Å²) in [6.45, 7) is 14.7. The third-order valence-electron chi connectivity index (χ3n) is 11.5. The number of phenolic OH excluding ortho intramolecular Hbond substituents is 1. The van der Waals surface area contributed by atoms with Crippen LogP contribution in [0.15, 0.2) is 49.0 Å². The van der Waals surface area contributed by atoms with Crippen molar-refractivity contribution in [2.45, 2.75) is 76.8 Å². The minimum Gasteiger partial charge on any atom is -0.508 e. The first-order valence-corrected chi connectivity index (χ1v) is 14.9. The van der Waals surface area contributed by atoms with Crippen LogP contribution in [0.3, 0.4) is 0 Å². The molecule has 2 heterocycles. The van der Waals surface area contributed by atoms with Crippen molar-refractivity contribution in [1.82, 2.24) is 9.80 Å². The largest absolute Gasteiger partial charge is 0.508 e. The van der Waals surface area contributed by atoms with Gasteiger partial charge >= 0.3 is 0 Å². The van der Waals surface area contributed by atoms with Gasteiger partial charge in [0.2, 0.25) is 0 Å². The Balaban J connectivity index is 1.31. The maximum atomic E-state index is 12.1. The summed E-state index contributed by atoms with van der Waals surface area (Å²) in [6.07, 6.45) is 7.43. The maximum Gasteiger partial charge on any atom is 0.159 e. The normalized spacial score (nSPS) is 35.5. The lowest BCUT2D eigenvalue weighted by molar-refractivity contribution is -0.0620. The number of hydrogen-bond donors (Lipinski definition) is 1.